The van der Waals surface area contributed by atoms with Gasteiger partial charge in [0, 0.05) is 12.8 Å². The monoisotopic (exact) mass is 868 g/mol. The smallest absolute Gasteiger partial charge is 0.472 e. The predicted molar refractivity (Wildman–Crippen MR) is 245 cm³/mol. The standard InChI is InChI=1S/C48H86NO10P/c1-3-5-7-9-11-13-15-17-19-20-21-22-23-24-26-27-29-31-33-35-37-39-46(50)56-41-44(42-57-60(54,55)58-43-45(49)48(52)53)59-47(51)40-38-36-34-32-30-28-25-18-16-14-12-10-8-6-4-2/h6,8,12,14,18,25,30,32,44-45H,3-5,7,9-11,13,15-17,19-24,26-29,31,33-43,49H2,1-2H3,(H,52,53)(H,54,55)/b8-6-,14-12-,25-18-,32-30-/t44-,45+/m1/s1. The molecule has 0 rings (SSSR count). The molecule has 0 fully saturated rings. The molecule has 0 aliphatic carbocycles. The first-order valence-corrected chi connectivity index (χ1v) is 25.2. The summed E-state index contributed by atoms with van der Waals surface area (Å²) in [5, 5.41) is 8.90. The number of phosphoric acid groups is 1. The highest BCUT2D eigenvalue weighted by molar-refractivity contribution is 7.47. The number of carbonyl (C=O) groups excluding carboxylic acids is 2. The molecule has 348 valence electrons. The van der Waals surface area contributed by atoms with Gasteiger partial charge < -0.3 is 25.2 Å². The lowest BCUT2D eigenvalue weighted by Crippen LogP contribution is -2.34. The van der Waals surface area contributed by atoms with Gasteiger partial charge in [-0.2, -0.15) is 0 Å². The van der Waals surface area contributed by atoms with Crippen LogP contribution in [0.2, 0.25) is 0 Å². The summed E-state index contributed by atoms with van der Waals surface area (Å²) in [4.78, 5) is 46.0. The quantitative estimate of drug-likeness (QED) is 0.0230. The van der Waals surface area contributed by atoms with Crippen molar-refractivity contribution in [3.63, 3.8) is 0 Å². The van der Waals surface area contributed by atoms with Crippen LogP contribution in [-0.2, 0) is 37.5 Å². The molecule has 0 aliphatic rings. The highest BCUT2D eigenvalue weighted by Crippen LogP contribution is 2.43. The zero-order chi connectivity index (χ0) is 44.2. The van der Waals surface area contributed by atoms with E-state index in [1.807, 2.05) is 0 Å². The number of aliphatic carboxylic acids is 1. The van der Waals surface area contributed by atoms with E-state index in [4.69, 9.17) is 24.8 Å². The minimum atomic E-state index is -4.73. The lowest BCUT2D eigenvalue weighted by atomic mass is 10.0. The van der Waals surface area contributed by atoms with Crippen molar-refractivity contribution in [2.75, 3.05) is 19.8 Å². The summed E-state index contributed by atoms with van der Waals surface area (Å²) >= 11 is 0. The number of carboxylic acids is 1. The second-order valence-electron chi connectivity index (χ2n) is 15.9. The van der Waals surface area contributed by atoms with E-state index in [1.165, 1.54) is 109 Å². The van der Waals surface area contributed by atoms with E-state index in [-0.39, 0.29) is 19.4 Å². The molecule has 0 aromatic heterocycles. The van der Waals surface area contributed by atoms with Gasteiger partial charge in [-0.25, -0.2) is 4.57 Å². The van der Waals surface area contributed by atoms with Gasteiger partial charge in [0.2, 0.25) is 0 Å². The molecule has 1 unspecified atom stereocenters. The fraction of sp³-hybridized carbons (Fsp3) is 0.771. The minimum Gasteiger partial charge on any atom is -0.480 e. The summed E-state index contributed by atoms with van der Waals surface area (Å²) in [7, 11) is -4.73. The first-order valence-electron chi connectivity index (χ1n) is 23.7. The number of hydrogen-bond donors (Lipinski definition) is 3. The number of rotatable bonds is 44. The fourth-order valence-corrected chi connectivity index (χ4v) is 7.19. The number of phosphoric ester groups is 1. The zero-order valence-electron chi connectivity index (χ0n) is 37.8. The molecule has 3 atom stereocenters. The van der Waals surface area contributed by atoms with E-state index in [0.29, 0.717) is 12.8 Å². The van der Waals surface area contributed by atoms with E-state index >= 15 is 0 Å². The largest absolute Gasteiger partial charge is 0.480 e. The van der Waals surface area contributed by atoms with Gasteiger partial charge in [0.15, 0.2) is 6.10 Å². The topological polar surface area (TPSA) is 172 Å². The molecule has 4 N–H and O–H groups in total. The van der Waals surface area contributed by atoms with E-state index < -0.39 is 51.1 Å². The van der Waals surface area contributed by atoms with E-state index in [2.05, 4.69) is 67.0 Å². The predicted octanol–water partition coefficient (Wildman–Crippen LogP) is 13.0. The number of carboxylic acid groups (broad SMARTS) is 1. The summed E-state index contributed by atoms with van der Waals surface area (Å²) in [5.41, 5.74) is 5.34. The number of unbranched alkanes of at least 4 members (excludes halogenated alkanes) is 22. The zero-order valence-corrected chi connectivity index (χ0v) is 38.7. The Hall–Kier alpha value is -2.56. The van der Waals surface area contributed by atoms with Crippen molar-refractivity contribution < 1.29 is 47.5 Å². The average molecular weight is 868 g/mol. The molecule has 60 heavy (non-hydrogen) atoms. The van der Waals surface area contributed by atoms with Crippen LogP contribution >= 0.6 is 7.82 Å². The van der Waals surface area contributed by atoms with Crippen molar-refractivity contribution in [2.24, 2.45) is 5.73 Å². The fourth-order valence-electron chi connectivity index (χ4n) is 6.41. The van der Waals surface area contributed by atoms with E-state index in [1.54, 1.807) is 0 Å². The maximum Gasteiger partial charge on any atom is 0.472 e. The number of carbonyl (C=O) groups is 3. The second kappa shape index (κ2) is 43.1. The molecule has 0 bridgehead atoms. The molecule has 0 radical (unpaired) electrons. The highest BCUT2D eigenvalue weighted by Gasteiger charge is 2.28. The number of nitrogens with two attached hydrogens (primary N) is 1. The maximum absolute atomic E-state index is 12.6. The van der Waals surface area contributed by atoms with Crippen molar-refractivity contribution in [3.05, 3.63) is 48.6 Å². The summed E-state index contributed by atoms with van der Waals surface area (Å²) in [5.74, 6) is -2.43. The molecule has 0 heterocycles. The van der Waals surface area contributed by atoms with Crippen LogP contribution in [0.15, 0.2) is 48.6 Å². The Morgan fingerprint density at radius 3 is 1.40 bits per heavy atom. The number of esters is 2. The van der Waals surface area contributed by atoms with Crippen molar-refractivity contribution in [3.8, 4) is 0 Å². The van der Waals surface area contributed by atoms with Crippen LogP contribution in [0.3, 0.4) is 0 Å². The average Bonchev–Trinajstić information content (AvgIpc) is 3.22. The molecule has 0 aromatic carbocycles. The molecule has 11 nitrogen and oxygen atoms in total. The van der Waals surface area contributed by atoms with Crippen molar-refractivity contribution in [1.82, 2.24) is 0 Å². The molecular weight excluding hydrogens is 781 g/mol. The van der Waals surface area contributed by atoms with Gasteiger partial charge in [-0.1, -0.05) is 191 Å². The van der Waals surface area contributed by atoms with Gasteiger partial charge in [-0.3, -0.25) is 23.4 Å². The Labute approximate surface area is 365 Å². The van der Waals surface area contributed by atoms with Crippen molar-refractivity contribution in [2.45, 2.75) is 219 Å². The minimum absolute atomic E-state index is 0.109. The summed E-state index contributed by atoms with van der Waals surface area (Å²) < 4.78 is 32.7. The van der Waals surface area contributed by atoms with Gasteiger partial charge >= 0.3 is 25.7 Å². The van der Waals surface area contributed by atoms with Crippen LogP contribution < -0.4 is 5.73 Å². The summed E-state index contributed by atoms with van der Waals surface area (Å²) in [6.07, 6.45) is 49.0. The third kappa shape index (κ3) is 42.1. The Kier molecular flexibility index (Phi) is 41.3. The second-order valence-corrected chi connectivity index (χ2v) is 17.3. The number of hydrogen-bond acceptors (Lipinski definition) is 9. The highest BCUT2D eigenvalue weighted by atomic mass is 31.2. The van der Waals surface area contributed by atoms with Crippen LogP contribution in [0.4, 0.5) is 0 Å². The lowest BCUT2D eigenvalue weighted by Gasteiger charge is -2.20. The Balaban J connectivity index is 4.29. The van der Waals surface area contributed by atoms with Crippen LogP contribution in [0.5, 0.6) is 0 Å². The van der Waals surface area contributed by atoms with E-state index in [9.17, 15) is 23.8 Å². The maximum atomic E-state index is 12.6. The SMILES string of the molecule is CC/C=C\C/C=C\C/C=C\C/C=C\CCCCC(=O)O[C@H](COC(=O)CCCCCCCCCCCCCCCCCCCCCCC)COP(=O)(O)OC[C@H](N)C(=O)O. The van der Waals surface area contributed by atoms with Crippen LogP contribution in [0, 0.1) is 0 Å². The normalized spacial score (nSPS) is 14.1. The van der Waals surface area contributed by atoms with Crippen LogP contribution in [0.25, 0.3) is 0 Å². The molecular formula is C48H86NO10P. The number of ether oxygens (including phenoxy) is 2. The Bertz CT molecular complexity index is 1200. The third-order valence-electron chi connectivity index (χ3n) is 10.1. The van der Waals surface area contributed by atoms with Crippen LogP contribution in [-0.4, -0.2) is 59.9 Å². The van der Waals surface area contributed by atoms with Gasteiger partial charge in [0.1, 0.15) is 12.6 Å². The lowest BCUT2D eigenvalue weighted by molar-refractivity contribution is -0.161. The molecule has 0 spiro atoms. The van der Waals surface area contributed by atoms with Crippen molar-refractivity contribution in [1.29, 1.82) is 0 Å². The van der Waals surface area contributed by atoms with Gasteiger partial charge in [-0.15, -0.1) is 0 Å². The first-order chi connectivity index (χ1) is 29.1. The van der Waals surface area contributed by atoms with Crippen LogP contribution in [0.1, 0.15) is 206 Å². The third-order valence-corrected chi connectivity index (χ3v) is 11.0. The van der Waals surface area contributed by atoms with E-state index in [0.717, 1.165) is 57.8 Å². The Morgan fingerprint density at radius 2 is 0.933 bits per heavy atom. The van der Waals surface area contributed by atoms with Gasteiger partial charge in [-0.05, 0) is 51.4 Å². The first kappa shape index (κ1) is 57.4. The molecule has 0 aliphatic heterocycles. The molecule has 0 amide bonds. The van der Waals surface area contributed by atoms with Gasteiger partial charge in [0.25, 0.3) is 0 Å². The summed E-state index contributed by atoms with van der Waals surface area (Å²) in [6.45, 7) is 2.67. The molecule has 0 saturated heterocycles. The molecule has 0 saturated carbocycles. The Morgan fingerprint density at radius 1 is 0.533 bits per heavy atom. The van der Waals surface area contributed by atoms with Crippen molar-refractivity contribution >= 4 is 25.7 Å². The van der Waals surface area contributed by atoms with Gasteiger partial charge in [0.05, 0.1) is 13.2 Å². The molecule has 12 heteroatoms. The summed E-state index contributed by atoms with van der Waals surface area (Å²) in [6, 6.07) is -1.53. The molecule has 0 aromatic rings. The number of allylic oxidation sites excluding steroid dienone is 8.